The van der Waals surface area contributed by atoms with Gasteiger partial charge in [0.05, 0.1) is 37.1 Å². The Morgan fingerprint density at radius 3 is 2.71 bits per heavy atom. The lowest BCUT2D eigenvalue weighted by Crippen LogP contribution is -2.38. The highest BCUT2D eigenvalue weighted by molar-refractivity contribution is 5.58. The normalized spacial score (nSPS) is 17.5. The van der Waals surface area contributed by atoms with Crippen LogP contribution in [0.5, 0.6) is 0 Å². The first-order valence-electron chi connectivity index (χ1n) is 7.35. The van der Waals surface area contributed by atoms with E-state index >= 15 is 0 Å². The van der Waals surface area contributed by atoms with E-state index in [1.165, 1.54) is 0 Å². The van der Waals surface area contributed by atoms with Crippen molar-refractivity contribution in [3.8, 4) is 6.07 Å². The smallest absolute Gasteiger partial charge is 0.0992 e. The maximum absolute atomic E-state index is 9.90. The summed E-state index contributed by atoms with van der Waals surface area (Å²) in [7, 11) is 0. The molecule has 5 nitrogen and oxygen atoms in total. The lowest BCUT2D eigenvalue weighted by Gasteiger charge is -2.35. The van der Waals surface area contributed by atoms with E-state index in [-0.39, 0.29) is 12.7 Å². The monoisotopic (exact) mass is 290 g/mol. The summed E-state index contributed by atoms with van der Waals surface area (Å²) in [6.07, 6.45) is 1.39. The van der Waals surface area contributed by atoms with Crippen molar-refractivity contribution in [1.29, 1.82) is 5.26 Å². The van der Waals surface area contributed by atoms with Gasteiger partial charge in [-0.05, 0) is 31.9 Å². The van der Waals surface area contributed by atoms with Gasteiger partial charge in [0.25, 0.3) is 0 Å². The number of nitriles is 1. The van der Waals surface area contributed by atoms with Gasteiger partial charge >= 0.3 is 0 Å². The van der Waals surface area contributed by atoms with E-state index in [4.69, 9.17) is 15.1 Å². The lowest BCUT2D eigenvalue weighted by atomic mass is 10.0. The SMILES string of the molecule is CC(O)c1ccc(C#N)cc1N1CCC(OCCO)CC1. The average Bonchev–Trinajstić information content (AvgIpc) is 2.52. The molecule has 114 valence electrons. The quantitative estimate of drug-likeness (QED) is 0.861. The maximum atomic E-state index is 9.90. The molecule has 1 heterocycles. The summed E-state index contributed by atoms with van der Waals surface area (Å²) in [5.74, 6) is 0. The molecule has 0 spiro atoms. The Morgan fingerprint density at radius 1 is 1.43 bits per heavy atom. The van der Waals surface area contributed by atoms with Crippen LogP contribution in [0.15, 0.2) is 18.2 Å². The highest BCUT2D eigenvalue weighted by Gasteiger charge is 2.22. The fourth-order valence-corrected chi connectivity index (χ4v) is 2.72. The van der Waals surface area contributed by atoms with Gasteiger partial charge in [0.15, 0.2) is 0 Å². The molecule has 1 aromatic rings. The topological polar surface area (TPSA) is 76.7 Å². The summed E-state index contributed by atoms with van der Waals surface area (Å²) in [5.41, 5.74) is 2.39. The van der Waals surface area contributed by atoms with Crippen molar-refractivity contribution >= 4 is 5.69 Å². The maximum Gasteiger partial charge on any atom is 0.0992 e. The molecule has 1 aromatic carbocycles. The Kier molecular flexibility index (Phi) is 5.57. The molecule has 21 heavy (non-hydrogen) atoms. The van der Waals surface area contributed by atoms with Gasteiger partial charge in [0.1, 0.15) is 0 Å². The predicted molar refractivity (Wildman–Crippen MR) is 80.1 cm³/mol. The molecule has 5 heteroatoms. The number of rotatable bonds is 5. The van der Waals surface area contributed by atoms with Crippen molar-refractivity contribution in [1.82, 2.24) is 0 Å². The fourth-order valence-electron chi connectivity index (χ4n) is 2.72. The van der Waals surface area contributed by atoms with E-state index in [9.17, 15) is 5.11 Å². The standard InChI is InChI=1S/C16H22N2O3/c1-12(20)15-3-2-13(11-17)10-16(15)18-6-4-14(5-7-18)21-9-8-19/h2-3,10,12,14,19-20H,4-9H2,1H3. The Balaban J connectivity index is 2.10. The first-order chi connectivity index (χ1) is 10.2. The largest absolute Gasteiger partial charge is 0.394 e. The minimum Gasteiger partial charge on any atom is -0.394 e. The Bertz CT molecular complexity index is 503. The van der Waals surface area contributed by atoms with E-state index in [1.807, 2.05) is 12.1 Å². The zero-order valence-corrected chi connectivity index (χ0v) is 12.3. The molecule has 0 radical (unpaired) electrons. The number of nitrogens with zero attached hydrogens (tertiary/aromatic N) is 2. The number of hydrogen-bond donors (Lipinski definition) is 2. The number of aliphatic hydroxyl groups is 2. The number of hydrogen-bond acceptors (Lipinski definition) is 5. The molecule has 1 fully saturated rings. The second-order valence-corrected chi connectivity index (χ2v) is 5.34. The van der Waals surface area contributed by atoms with Crippen LogP contribution >= 0.6 is 0 Å². The van der Waals surface area contributed by atoms with Gasteiger partial charge in [-0.2, -0.15) is 5.26 Å². The molecule has 1 aliphatic rings. The molecule has 0 amide bonds. The number of ether oxygens (including phenoxy) is 1. The van der Waals surface area contributed by atoms with Gasteiger partial charge in [-0.15, -0.1) is 0 Å². The summed E-state index contributed by atoms with van der Waals surface area (Å²) in [5, 5.41) is 27.7. The fraction of sp³-hybridized carbons (Fsp3) is 0.562. The van der Waals surface area contributed by atoms with Crippen molar-refractivity contribution in [2.75, 3.05) is 31.2 Å². The Morgan fingerprint density at radius 2 is 2.14 bits per heavy atom. The van der Waals surface area contributed by atoms with E-state index < -0.39 is 6.10 Å². The third kappa shape index (κ3) is 3.94. The highest BCUT2D eigenvalue weighted by Crippen LogP contribution is 2.30. The Labute approximate surface area is 125 Å². The summed E-state index contributed by atoms with van der Waals surface area (Å²) in [6.45, 7) is 3.82. The van der Waals surface area contributed by atoms with Crippen LogP contribution in [0.4, 0.5) is 5.69 Å². The van der Waals surface area contributed by atoms with Crippen molar-refractivity contribution < 1.29 is 14.9 Å². The van der Waals surface area contributed by atoms with Crippen LogP contribution < -0.4 is 4.90 Å². The van der Waals surface area contributed by atoms with Crippen LogP contribution in [0.2, 0.25) is 0 Å². The molecule has 2 N–H and O–H groups in total. The highest BCUT2D eigenvalue weighted by atomic mass is 16.5. The Hall–Kier alpha value is -1.61. The molecule has 0 saturated carbocycles. The second kappa shape index (κ2) is 7.41. The number of benzene rings is 1. The molecule has 0 aromatic heterocycles. The van der Waals surface area contributed by atoms with Gasteiger partial charge in [0.2, 0.25) is 0 Å². The van der Waals surface area contributed by atoms with Crippen molar-refractivity contribution in [2.45, 2.75) is 32.0 Å². The van der Waals surface area contributed by atoms with Crippen LogP contribution in [-0.4, -0.2) is 42.6 Å². The summed E-state index contributed by atoms with van der Waals surface area (Å²) < 4.78 is 5.56. The minimum atomic E-state index is -0.559. The van der Waals surface area contributed by atoms with Gasteiger partial charge in [0, 0.05) is 24.3 Å². The molecule has 1 atom stereocenters. The molecule has 1 unspecified atom stereocenters. The van der Waals surface area contributed by atoms with Gasteiger partial charge in [-0.25, -0.2) is 0 Å². The lowest BCUT2D eigenvalue weighted by molar-refractivity contribution is 0.0158. The van der Waals surface area contributed by atoms with Gasteiger partial charge in [-0.1, -0.05) is 6.07 Å². The van der Waals surface area contributed by atoms with Crippen molar-refractivity contribution in [3.63, 3.8) is 0 Å². The van der Waals surface area contributed by atoms with Crippen LogP contribution in [0.1, 0.15) is 37.0 Å². The molecule has 2 rings (SSSR count). The average molecular weight is 290 g/mol. The van der Waals surface area contributed by atoms with Gasteiger partial charge < -0.3 is 19.8 Å². The third-order valence-electron chi connectivity index (χ3n) is 3.84. The number of piperidine rings is 1. The molecule has 0 aliphatic carbocycles. The third-order valence-corrected chi connectivity index (χ3v) is 3.84. The summed E-state index contributed by atoms with van der Waals surface area (Å²) in [4.78, 5) is 2.20. The van der Waals surface area contributed by atoms with Crippen LogP contribution in [0, 0.1) is 11.3 Å². The first kappa shape index (κ1) is 15.8. The van der Waals surface area contributed by atoms with E-state index in [0.29, 0.717) is 12.2 Å². The second-order valence-electron chi connectivity index (χ2n) is 5.34. The number of anilines is 1. The zero-order chi connectivity index (χ0) is 15.2. The molecular formula is C16H22N2O3. The van der Waals surface area contributed by atoms with E-state index in [2.05, 4.69) is 11.0 Å². The summed E-state index contributed by atoms with van der Waals surface area (Å²) in [6, 6.07) is 7.56. The van der Waals surface area contributed by atoms with E-state index in [1.54, 1.807) is 13.0 Å². The summed E-state index contributed by atoms with van der Waals surface area (Å²) >= 11 is 0. The molecule has 1 aliphatic heterocycles. The zero-order valence-electron chi connectivity index (χ0n) is 12.3. The first-order valence-corrected chi connectivity index (χ1v) is 7.35. The minimum absolute atomic E-state index is 0.0522. The van der Waals surface area contributed by atoms with Crippen molar-refractivity contribution in [3.05, 3.63) is 29.3 Å². The van der Waals surface area contributed by atoms with Crippen molar-refractivity contribution in [2.24, 2.45) is 0 Å². The number of aliphatic hydroxyl groups excluding tert-OH is 2. The molecule has 1 saturated heterocycles. The van der Waals surface area contributed by atoms with Crippen LogP contribution in [-0.2, 0) is 4.74 Å². The molecule has 0 bridgehead atoms. The van der Waals surface area contributed by atoms with Gasteiger partial charge in [-0.3, -0.25) is 0 Å². The van der Waals surface area contributed by atoms with Crippen LogP contribution in [0.3, 0.4) is 0 Å². The molecular weight excluding hydrogens is 268 g/mol. The van der Waals surface area contributed by atoms with Crippen LogP contribution in [0.25, 0.3) is 0 Å². The predicted octanol–water partition coefficient (Wildman–Crippen LogP) is 1.59. The van der Waals surface area contributed by atoms with E-state index in [0.717, 1.165) is 37.2 Å².